The molecule has 0 aliphatic carbocycles. The van der Waals surface area contributed by atoms with Crippen LogP contribution in [0.2, 0.25) is 0 Å². The molecule has 6 heteroatoms. The highest BCUT2D eigenvalue weighted by Crippen LogP contribution is 2.47. The Labute approximate surface area is 183 Å². The Morgan fingerprint density at radius 3 is 2.28 bits per heavy atom. The Kier molecular flexibility index (Phi) is 6.32. The van der Waals surface area contributed by atoms with E-state index in [0.29, 0.717) is 6.54 Å². The van der Waals surface area contributed by atoms with Gasteiger partial charge in [0.1, 0.15) is 0 Å². The van der Waals surface area contributed by atoms with Gasteiger partial charge in [-0.05, 0) is 36.8 Å². The van der Waals surface area contributed by atoms with Crippen molar-refractivity contribution in [2.75, 3.05) is 18.0 Å². The molecule has 4 rings (SSSR count). The van der Waals surface area contributed by atoms with E-state index < -0.39 is 0 Å². The number of carbonyl (C=O) groups is 1. The Morgan fingerprint density at radius 2 is 1.59 bits per heavy atom. The normalized spacial score (nSPS) is 12.5. The van der Waals surface area contributed by atoms with Crippen molar-refractivity contribution in [3.8, 4) is 0 Å². The molecule has 0 bridgehead atoms. The lowest BCUT2D eigenvalue weighted by atomic mass is 10.2. The number of nitrogens with one attached hydrogen (secondary N) is 1. The second kappa shape index (κ2) is 9.29. The van der Waals surface area contributed by atoms with Crippen molar-refractivity contribution < 1.29 is 4.79 Å². The minimum Gasteiger partial charge on any atom is -0.340 e. The monoisotopic (exact) mass is 465 g/mol. The Morgan fingerprint density at radius 1 is 0.966 bits per heavy atom. The lowest BCUT2D eigenvalue weighted by Crippen LogP contribution is -2.27. The Balaban J connectivity index is 1.35. The summed E-state index contributed by atoms with van der Waals surface area (Å²) in [7, 11) is 0. The minimum absolute atomic E-state index is 0.323. The standard InChI is InChI=1S/C23H20BrN3OS/c24-18-9-2-1-8-17(18)16-26-23(28)25-14-7-15-27-19-10-3-5-12-21(19)29-22-13-6-4-11-20(22)27/h1-6,8-13,16H,7,14-15H2,(H,25,28)/b26-16+. The summed E-state index contributed by atoms with van der Waals surface area (Å²) in [6, 6.07) is 24.2. The van der Waals surface area contributed by atoms with Crippen molar-refractivity contribution in [3.63, 3.8) is 0 Å². The fourth-order valence-corrected chi connectivity index (χ4v) is 4.69. The predicted molar refractivity (Wildman–Crippen MR) is 124 cm³/mol. The molecule has 0 aromatic heterocycles. The quantitative estimate of drug-likeness (QED) is 0.356. The van der Waals surface area contributed by atoms with Gasteiger partial charge in [0.05, 0.1) is 11.4 Å². The molecule has 1 aliphatic rings. The van der Waals surface area contributed by atoms with Gasteiger partial charge in [-0.3, -0.25) is 0 Å². The van der Waals surface area contributed by atoms with Crippen LogP contribution < -0.4 is 10.2 Å². The van der Waals surface area contributed by atoms with Crippen LogP contribution in [0, 0.1) is 0 Å². The fraction of sp³-hybridized carbons (Fsp3) is 0.130. The second-order valence-corrected chi connectivity index (χ2v) is 8.49. The van der Waals surface area contributed by atoms with E-state index >= 15 is 0 Å². The number of benzene rings is 3. The highest BCUT2D eigenvalue weighted by molar-refractivity contribution is 9.10. The smallest absolute Gasteiger partial charge is 0.340 e. The number of amides is 2. The zero-order valence-corrected chi connectivity index (χ0v) is 18.1. The predicted octanol–water partition coefficient (Wildman–Crippen LogP) is 6.27. The van der Waals surface area contributed by atoms with Crippen LogP contribution in [0.5, 0.6) is 0 Å². The van der Waals surface area contributed by atoms with Crippen LogP contribution in [-0.2, 0) is 0 Å². The van der Waals surface area contributed by atoms with Gasteiger partial charge in [0.15, 0.2) is 0 Å². The third-order valence-corrected chi connectivity index (χ3v) is 6.45. The number of carbonyl (C=O) groups excluding carboxylic acids is 1. The van der Waals surface area contributed by atoms with Crippen LogP contribution in [0.1, 0.15) is 12.0 Å². The molecule has 2 amide bonds. The van der Waals surface area contributed by atoms with Crippen LogP contribution in [0.25, 0.3) is 0 Å². The Hall–Kier alpha value is -2.57. The molecule has 0 saturated heterocycles. The third-order valence-electron chi connectivity index (χ3n) is 4.59. The van der Waals surface area contributed by atoms with E-state index in [-0.39, 0.29) is 6.03 Å². The number of nitrogens with zero attached hydrogens (tertiary/aromatic N) is 2. The number of fused-ring (bicyclic) bond motifs is 2. The van der Waals surface area contributed by atoms with E-state index in [9.17, 15) is 4.79 Å². The van der Waals surface area contributed by atoms with Gasteiger partial charge >= 0.3 is 6.03 Å². The van der Waals surface area contributed by atoms with E-state index in [1.807, 2.05) is 24.3 Å². The molecule has 146 valence electrons. The summed E-state index contributed by atoms with van der Waals surface area (Å²) in [5.74, 6) is 0. The number of urea groups is 1. The lowest BCUT2D eigenvalue weighted by molar-refractivity contribution is 0.249. The van der Waals surface area contributed by atoms with Gasteiger partial charge in [0.2, 0.25) is 0 Å². The second-order valence-electron chi connectivity index (χ2n) is 6.55. The molecule has 1 N–H and O–H groups in total. The first-order valence-corrected chi connectivity index (χ1v) is 11.0. The summed E-state index contributed by atoms with van der Waals surface area (Å²) < 4.78 is 0.914. The first kappa shape index (κ1) is 19.7. The van der Waals surface area contributed by atoms with Gasteiger partial charge in [0.25, 0.3) is 0 Å². The maximum absolute atomic E-state index is 12.0. The molecule has 3 aromatic carbocycles. The molecule has 0 unspecified atom stereocenters. The molecule has 1 heterocycles. The Bertz CT molecular complexity index is 1010. The summed E-state index contributed by atoms with van der Waals surface area (Å²) in [6.07, 6.45) is 2.40. The van der Waals surface area contributed by atoms with E-state index in [4.69, 9.17) is 0 Å². The average Bonchev–Trinajstić information content (AvgIpc) is 2.75. The highest BCUT2D eigenvalue weighted by atomic mass is 79.9. The summed E-state index contributed by atoms with van der Waals surface area (Å²) in [4.78, 5) is 20.9. The van der Waals surface area contributed by atoms with E-state index in [2.05, 4.69) is 79.7 Å². The van der Waals surface area contributed by atoms with Gasteiger partial charge < -0.3 is 10.2 Å². The molecule has 0 atom stereocenters. The van der Waals surface area contributed by atoms with Gasteiger partial charge in [-0.15, -0.1) is 0 Å². The van der Waals surface area contributed by atoms with Crippen LogP contribution in [-0.4, -0.2) is 25.3 Å². The molecule has 3 aromatic rings. The summed E-state index contributed by atoms with van der Waals surface area (Å²) >= 11 is 5.25. The maximum atomic E-state index is 12.0. The van der Waals surface area contributed by atoms with Crippen molar-refractivity contribution in [2.45, 2.75) is 16.2 Å². The van der Waals surface area contributed by atoms with Crippen molar-refractivity contribution >= 4 is 51.3 Å². The van der Waals surface area contributed by atoms with E-state index in [1.165, 1.54) is 21.2 Å². The molecular weight excluding hydrogens is 446 g/mol. The third kappa shape index (κ3) is 4.71. The largest absolute Gasteiger partial charge is 0.340 e. The molecule has 0 fully saturated rings. The van der Waals surface area contributed by atoms with Gasteiger partial charge in [-0.25, -0.2) is 9.79 Å². The molecule has 29 heavy (non-hydrogen) atoms. The van der Waals surface area contributed by atoms with E-state index in [1.54, 1.807) is 18.0 Å². The number of hydrogen-bond donors (Lipinski definition) is 1. The number of aliphatic imine (C=N–C) groups is 1. The lowest BCUT2D eigenvalue weighted by Gasteiger charge is -2.32. The summed E-state index contributed by atoms with van der Waals surface area (Å²) in [6.45, 7) is 1.39. The van der Waals surface area contributed by atoms with Crippen LogP contribution in [0.4, 0.5) is 16.2 Å². The van der Waals surface area contributed by atoms with Crippen LogP contribution in [0.15, 0.2) is 92.1 Å². The first-order valence-electron chi connectivity index (χ1n) is 9.42. The first-order chi connectivity index (χ1) is 14.2. The van der Waals surface area contributed by atoms with Crippen LogP contribution in [0.3, 0.4) is 0 Å². The van der Waals surface area contributed by atoms with E-state index in [0.717, 1.165) is 23.0 Å². The van der Waals surface area contributed by atoms with Gasteiger partial charge in [-0.1, -0.05) is 70.2 Å². The van der Waals surface area contributed by atoms with Gasteiger partial charge in [0, 0.05) is 39.1 Å². The highest BCUT2D eigenvalue weighted by Gasteiger charge is 2.22. The summed E-state index contributed by atoms with van der Waals surface area (Å²) in [5, 5.41) is 2.88. The molecule has 0 radical (unpaired) electrons. The minimum atomic E-state index is -0.323. The molecule has 0 saturated carbocycles. The molecule has 0 spiro atoms. The molecular formula is C23H20BrN3OS. The van der Waals surface area contributed by atoms with Crippen LogP contribution >= 0.6 is 27.7 Å². The SMILES string of the molecule is O=C(/N=C/c1ccccc1Br)NCCCN1c2ccccc2Sc2ccccc21. The number of rotatable bonds is 5. The maximum Gasteiger partial charge on any atom is 0.340 e. The zero-order valence-electron chi connectivity index (χ0n) is 15.7. The fourth-order valence-electron chi connectivity index (χ4n) is 3.21. The number of para-hydroxylation sites is 2. The number of anilines is 2. The van der Waals surface area contributed by atoms with Gasteiger partial charge in [-0.2, -0.15) is 0 Å². The molecule has 1 aliphatic heterocycles. The number of hydrogen-bond acceptors (Lipinski definition) is 3. The average molecular weight is 466 g/mol. The van der Waals surface area contributed by atoms with Crippen molar-refractivity contribution in [3.05, 3.63) is 82.8 Å². The zero-order chi connectivity index (χ0) is 20.1. The van der Waals surface area contributed by atoms with Crippen molar-refractivity contribution in [2.24, 2.45) is 4.99 Å². The van der Waals surface area contributed by atoms with Crippen molar-refractivity contribution in [1.29, 1.82) is 0 Å². The molecule has 4 nitrogen and oxygen atoms in total. The van der Waals surface area contributed by atoms with Crippen molar-refractivity contribution in [1.82, 2.24) is 5.32 Å². The topological polar surface area (TPSA) is 44.7 Å². The number of halogens is 1. The summed E-state index contributed by atoms with van der Waals surface area (Å²) in [5.41, 5.74) is 3.31.